The fourth-order valence-corrected chi connectivity index (χ4v) is 3.27. The van der Waals surface area contributed by atoms with Crippen LogP contribution in [-0.2, 0) is 6.54 Å². The zero-order valence-electron chi connectivity index (χ0n) is 15.9. The highest BCUT2D eigenvalue weighted by atomic mass is 16.2. The molecule has 142 valence electrons. The summed E-state index contributed by atoms with van der Waals surface area (Å²) < 4.78 is 0. The molecule has 0 saturated carbocycles. The average molecular weight is 366 g/mol. The second kappa shape index (κ2) is 8.58. The number of benzene rings is 2. The number of hydrogen-bond donors (Lipinski definition) is 2. The van der Waals surface area contributed by atoms with Crippen molar-refractivity contribution < 1.29 is 9.59 Å². The van der Waals surface area contributed by atoms with E-state index in [-0.39, 0.29) is 12.1 Å². The first kappa shape index (κ1) is 18.8. The van der Waals surface area contributed by atoms with E-state index in [9.17, 15) is 9.59 Å². The molecule has 0 atom stereocenters. The van der Waals surface area contributed by atoms with Crippen molar-refractivity contribution in [3.8, 4) is 0 Å². The van der Waals surface area contributed by atoms with Crippen molar-refractivity contribution in [3.05, 3.63) is 59.7 Å². The van der Waals surface area contributed by atoms with Crippen LogP contribution in [0.4, 0.5) is 21.0 Å². The smallest absolute Gasteiger partial charge is 0.324 e. The zero-order chi connectivity index (χ0) is 19.2. The largest absolute Gasteiger partial charge is 0.338 e. The summed E-state index contributed by atoms with van der Waals surface area (Å²) in [5.74, 6) is 0. The second-order valence-corrected chi connectivity index (χ2v) is 6.70. The molecule has 3 rings (SSSR count). The molecule has 0 aliphatic carbocycles. The summed E-state index contributed by atoms with van der Waals surface area (Å²) in [5.41, 5.74) is 3.51. The Morgan fingerprint density at radius 3 is 2.63 bits per heavy atom. The number of carbonyl (C=O) groups excluding carboxylic acids is 2. The topological polar surface area (TPSA) is 64.7 Å². The van der Waals surface area contributed by atoms with Gasteiger partial charge in [-0.1, -0.05) is 36.4 Å². The van der Waals surface area contributed by atoms with Crippen LogP contribution in [0.25, 0.3) is 0 Å². The van der Waals surface area contributed by atoms with Crippen LogP contribution in [0, 0.1) is 6.92 Å². The normalized spacial score (nSPS) is 14.2. The third kappa shape index (κ3) is 4.58. The number of amides is 4. The maximum atomic E-state index is 13.1. The van der Waals surface area contributed by atoms with Gasteiger partial charge in [-0.3, -0.25) is 4.90 Å². The van der Waals surface area contributed by atoms with E-state index >= 15 is 0 Å². The molecule has 2 aromatic rings. The van der Waals surface area contributed by atoms with E-state index in [1.165, 1.54) is 0 Å². The van der Waals surface area contributed by atoms with Gasteiger partial charge in [-0.05, 0) is 43.5 Å². The van der Waals surface area contributed by atoms with Gasteiger partial charge in [0.05, 0.1) is 11.4 Å². The number of hydrogen-bond acceptors (Lipinski definition) is 2. The molecule has 0 bridgehead atoms. The van der Waals surface area contributed by atoms with Gasteiger partial charge in [0.1, 0.15) is 0 Å². The van der Waals surface area contributed by atoms with Gasteiger partial charge in [-0.25, -0.2) is 9.59 Å². The number of anilines is 2. The standard InChI is InChI=1S/C21H26N4O2/c1-3-22-20(26)23-18-14-16(2)10-11-19(18)25-13-7-12-24(21(25)27)15-17-8-5-4-6-9-17/h4-6,8-11,14H,3,7,12-13,15H2,1-2H3,(H2,22,23,26). The third-order valence-electron chi connectivity index (χ3n) is 4.56. The maximum Gasteiger partial charge on any atom is 0.324 e. The lowest BCUT2D eigenvalue weighted by Crippen LogP contribution is -2.49. The van der Waals surface area contributed by atoms with E-state index < -0.39 is 0 Å². The molecule has 6 nitrogen and oxygen atoms in total. The molecule has 27 heavy (non-hydrogen) atoms. The van der Waals surface area contributed by atoms with Crippen LogP contribution in [-0.4, -0.2) is 36.6 Å². The van der Waals surface area contributed by atoms with Crippen LogP contribution in [0.2, 0.25) is 0 Å². The van der Waals surface area contributed by atoms with Crippen LogP contribution in [0.5, 0.6) is 0 Å². The van der Waals surface area contributed by atoms with Gasteiger partial charge in [0.15, 0.2) is 0 Å². The van der Waals surface area contributed by atoms with Crippen molar-refractivity contribution in [2.45, 2.75) is 26.8 Å². The number of carbonyl (C=O) groups is 2. The lowest BCUT2D eigenvalue weighted by molar-refractivity contribution is 0.192. The van der Waals surface area contributed by atoms with Gasteiger partial charge in [-0.15, -0.1) is 0 Å². The molecule has 1 heterocycles. The molecule has 4 amide bonds. The molecule has 2 N–H and O–H groups in total. The monoisotopic (exact) mass is 366 g/mol. The first-order valence-electron chi connectivity index (χ1n) is 9.34. The van der Waals surface area contributed by atoms with E-state index in [0.29, 0.717) is 25.3 Å². The second-order valence-electron chi connectivity index (χ2n) is 6.70. The molecule has 0 radical (unpaired) electrons. The van der Waals surface area contributed by atoms with Gasteiger partial charge in [0.2, 0.25) is 0 Å². The molecule has 1 fully saturated rings. The summed E-state index contributed by atoms with van der Waals surface area (Å²) in [6.45, 7) is 6.33. The molecule has 1 aliphatic heterocycles. The van der Waals surface area contributed by atoms with E-state index in [0.717, 1.165) is 29.8 Å². The van der Waals surface area contributed by atoms with Crippen molar-refractivity contribution in [1.29, 1.82) is 0 Å². The molecule has 1 saturated heterocycles. The molecule has 0 aromatic heterocycles. The average Bonchev–Trinajstić information content (AvgIpc) is 2.65. The van der Waals surface area contributed by atoms with Crippen LogP contribution in [0.1, 0.15) is 24.5 Å². The Kier molecular flexibility index (Phi) is 5.96. The molecule has 6 heteroatoms. The van der Waals surface area contributed by atoms with Crippen LogP contribution in [0.3, 0.4) is 0 Å². The molecular formula is C21H26N4O2. The summed E-state index contributed by atoms with van der Waals surface area (Å²) in [6, 6.07) is 15.4. The zero-order valence-corrected chi connectivity index (χ0v) is 15.9. The van der Waals surface area contributed by atoms with Crippen molar-refractivity contribution in [1.82, 2.24) is 10.2 Å². The molecular weight excluding hydrogens is 340 g/mol. The van der Waals surface area contributed by atoms with Crippen molar-refractivity contribution >= 4 is 23.4 Å². The van der Waals surface area contributed by atoms with Crippen LogP contribution >= 0.6 is 0 Å². The summed E-state index contributed by atoms with van der Waals surface area (Å²) in [7, 11) is 0. The number of nitrogens with zero attached hydrogens (tertiary/aromatic N) is 2. The van der Waals surface area contributed by atoms with Crippen molar-refractivity contribution in [2.75, 3.05) is 29.9 Å². The quantitative estimate of drug-likeness (QED) is 0.841. The summed E-state index contributed by atoms with van der Waals surface area (Å²) >= 11 is 0. The summed E-state index contributed by atoms with van der Waals surface area (Å²) in [5, 5.41) is 5.60. The third-order valence-corrected chi connectivity index (χ3v) is 4.56. The lowest BCUT2D eigenvalue weighted by Gasteiger charge is -2.36. The SMILES string of the molecule is CCNC(=O)Nc1cc(C)ccc1N1CCCN(Cc2ccccc2)C1=O. The Morgan fingerprint density at radius 1 is 1.11 bits per heavy atom. The number of urea groups is 2. The Hall–Kier alpha value is -3.02. The molecule has 2 aromatic carbocycles. The van der Waals surface area contributed by atoms with Crippen LogP contribution in [0.15, 0.2) is 48.5 Å². The van der Waals surface area contributed by atoms with Gasteiger partial charge >= 0.3 is 12.1 Å². The predicted molar refractivity (Wildman–Crippen MR) is 108 cm³/mol. The Morgan fingerprint density at radius 2 is 1.89 bits per heavy atom. The number of nitrogens with one attached hydrogen (secondary N) is 2. The summed E-state index contributed by atoms with van der Waals surface area (Å²) in [6.07, 6.45) is 0.882. The number of rotatable bonds is 5. The van der Waals surface area contributed by atoms with Crippen molar-refractivity contribution in [2.24, 2.45) is 0 Å². The van der Waals surface area contributed by atoms with Gasteiger partial charge in [-0.2, -0.15) is 0 Å². The Balaban J connectivity index is 1.82. The minimum Gasteiger partial charge on any atom is -0.338 e. The van der Waals surface area contributed by atoms with E-state index in [1.807, 2.05) is 67.3 Å². The molecule has 0 spiro atoms. The summed E-state index contributed by atoms with van der Waals surface area (Å²) in [4.78, 5) is 28.7. The Bertz CT molecular complexity index is 807. The van der Waals surface area contributed by atoms with E-state index in [1.54, 1.807) is 4.90 Å². The van der Waals surface area contributed by atoms with Gasteiger partial charge in [0, 0.05) is 26.2 Å². The molecule has 1 aliphatic rings. The van der Waals surface area contributed by atoms with Gasteiger partial charge in [0.25, 0.3) is 0 Å². The first-order valence-corrected chi connectivity index (χ1v) is 9.34. The highest BCUT2D eigenvalue weighted by Crippen LogP contribution is 2.30. The Labute approximate surface area is 160 Å². The highest BCUT2D eigenvalue weighted by Gasteiger charge is 2.28. The molecule has 0 unspecified atom stereocenters. The predicted octanol–water partition coefficient (Wildman–Crippen LogP) is 3.97. The fourth-order valence-electron chi connectivity index (χ4n) is 3.27. The fraction of sp³-hybridized carbons (Fsp3) is 0.333. The minimum absolute atomic E-state index is 0.0343. The van der Waals surface area contributed by atoms with Crippen LogP contribution < -0.4 is 15.5 Å². The van der Waals surface area contributed by atoms with Gasteiger partial charge < -0.3 is 15.5 Å². The van der Waals surface area contributed by atoms with E-state index in [2.05, 4.69) is 10.6 Å². The maximum absolute atomic E-state index is 13.1. The lowest BCUT2D eigenvalue weighted by atomic mass is 10.1. The highest BCUT2D eigenvalue weighted by molar-refractivity contribution is 6.00. The van der Waals surface area contributed by atoms with E-state index in [4.69, 9.17) is 0 Å². The first-order chi connectivity index (χ1) is 13.1. The van der Waals surface area contributed by atoms with Crippen molar-refractivity contribution in [3.63, 3.8) is 0 Å². The number of aryl methyl sites for hydroxylation is 1. The minimum atomic E-state index is -0.269.